The van der Waals surface area contributed by atoms with E-state index in [1.165, 1.54) is 5.56 Å². The predicted molar refractivity (Wildman–Crippen MR) is 76.2 cm³/mol. The van der Waals surface area contributed by atoms with Gasteiger partial charge in [0.15, 0.2) is 0 Å². The fourth-order valence-electron chi connectivity index (χ4n) is 2.43. The molecule has 2 N–H and O–H groups in total. The Morgan fingerprint density at radius 3 is 2.76 bits per heavy atom. The Hall–Kier alpha value is -2.27. The maximum absolute atomic E-state index is 13.6. The molecule has 3 nitrogen and oxygen atoms in total. The van der Waals surface area contributed by atoms with Crippen LogP contribution in [0.2, 0.25) is 0 Å². The molecule has 0 aliphatic carbocycles. The van der Waals surface area contributed by atoms with Gasteiger partial charge in [-0.05, 0) is 48.4 Å². The first kappa shape index (κ1) is 13.7. The van der Waals surface area contributed by atoms with E-state index in [1.807, 2.05) is 12.1 Å². The van der Waals surface area contributed by atoms with Gasteiger partial charge in [0.25, 0.3) is 5.91 Å². The van der Waals surface area contributed by atoms with Crippen LogP contribution in [0.1, 0.15) is 21.5 Å². The molecule has 2 aromatic rings. The lowest BCUT2D eigenvalue weighted by Gasteiger charge is -2.18. The van der Waals surface area contributed by atoms with Crippen molar-refractivity contribution < 1.29 is 13.6 Å². The summed E-state index contributed by atoms with van der Waals surface area (Å²) in [4.78, 5) is 12.0. The summed E-state index contributed by atoms with van der Waals surface area (Å²) in [6.45, 7) is 1.70. The van der Waals surface area contributed by atoms with E-state index in [9.17, 15) is 13.6 Å². The molecule has 0 radical (unpaired) electrons. The Labute approximate surface area is 121 Å². The zero-order valence-electron chi connectivity index (χ0n) is 11.2. The SMILES string of the molecule is O=C(Nc1ccc2c(c1)CNCC2)c1ccc(F)cc1F. The number of hydrogen-bond donors (Lipinski definition) is 2. The minimum Gasteiger partial charge on any atom is -0.322 e. The highest BCUT2D eigenvalue weighted by molar-refractivity contribution is 6.04. The van der Waals surface area contributed by atoms with Crippen molar-refractivity contribution in [3.63, 3.8) is 0 Å². The fraction of sp³-hybridized carbons (Fsp3) is 0.188. The van der Waals surface area contributed by atoms with Crippen molar-refractivity contribution in [1.82, 2.24) is 5.32 Å². The lowest BCUT2D eigenvalue weighted by molar-refractivity contribution is 0.102. The smallest absolute Gasteiger partial charge is 0.258 e. The number of fused-ring (bicyclic) bond motifs is 1. The number of amides is 1. The average Bonchev–Trinajstić information content (AvgIpc) is 2.47. The molecular weight excluding hydrogens is 274 g/mol. The molecule has 1 amide bonds. The van der Waals surface area contributed by atoms with Crippen molar-refractivity contribution in [1.29, 1.82) is 0 Å². The van der Waals surface area contributed by atoms with Crippen molar-refractivity contribution in [3.8, 4) is 0 Å². The Balaban J connectivity index is 1.81. The van der Waals surface area contributed by atoms with E-state index in [4.69, 9.17) is 0 Å². The first-order valence-electron chi connectivity index (χ1n) is 6.72. The monoisotopic (exact) mass is 288 g/mol. The second kappa shape index (κ2) is 5.61. The van der Waals surface area contributed by atoms with Crippen LogP contribution in [0.4, 0.5) is 14.5 Å². The van der Waals surface area contributed by atoms with Gasteiger partial charge in [0.2, 0.25) is 0 Å². The van der Waals surface area contributed by atoms with Gasteiger partial charge < -0.3 is 10.6 Å². The predicted octanol–water partition coefficient (Wildman–Crippen LogP) is 2.86. The Morgan fingerprint density at radius 2 is 1.95 bits per heavy atom. The van der Waals surface area contributed by atoms with Crippen LogP contribution in [0, 0.1) is 11.6 Å². The third-order valence-corrected chi connectivity index (χ3v) is 3.53. The minimum atomic E-state index is -0.868. The van der Waals surface area contributed by atoms with Crippen molar-refractivity contribution in [2.45, 2.75) is 13.0 Å². The standard InChI is InChI=1S/C16H14F2N2O/c17-12-2-4-14(15(18)8-12)16(21)20-13-3-1-10-5-6-19-9-11(10)7-13/h1-4,7-8,19H,5-6,9H2,(H,20,21). The Morgan fingerprint density at radius 1 is 1.10 bits per heavy atom. The second-order valence-electron chi connectivity index (χ2n) is 4.99. The van der Waals surface area contributed by atoms with E-state index < -0.39 is 17.5 Å². The summed E-state index contributed by atoms with van der Waals surface area (Å²) in [5, 5.41) is 5.89. The summed E-state index contributed by atoms with van der Waals surface area (Å²) in [7, 11) is 0. The third kappa shape index (κ3) is 2.92. The minimum absolute atomic E-state index is 0.174. The van der Waals surface area contributed by atoms with Crippen molar-refractivity contribution in [2.24, 2.45) is 0 Å². The van der Waals surface area contributed by atoms with Gasteiger partial charge in [-0.15, -0.1) is 0 Å². The highest BCUT2D eigenvalue weighted by Gasteiger charge is 2.14. The summed E-state index contributed by atoms with van der Waals surface area (Å²) in [5.74, 6) is -2.16. The zero-order valence-corrected chi connectivity index (χ0v) is 11.2. The molecule has 21 heavy (non-hydrogen) atoms. The summed E-state index contributed by atoms with van der Waals surface area (Å²) in [6, 6.07) is 8.54. The molecule has 0 aromatic heterocycles. The molecule has 0 bridgehead atoms. The molecule has 5 heteroatoms. The van der Waals surface area contributed by atoms with Crippen molar-refractivity contribution in [2.75, 3.05) is 11.9 Å². The number of rotatable bonds is 2. The van der Waals surface area contributed by atoms with E-state index in [2.05, 4.69) is 10.6 Å². The first-order valence-corrected chi connectivity index (χ1v) is 6.72. The summed E-state index contributed by atoms with van der Waals surface area (Å²) in [6.07, 6.45) is 0.955. The van der Waals surface area contributed by atoms with Crippen molar-refractivity contribution in [3.05, 3.63) is 64.7 Å². The van der Waals surface area contributed by atoms with Gasteiger partial charge in [0, 0.05) is 18.3 Å². The van der Waals surface area contributed by atoms with Crippen LogP contribution in [0.15, 0.2) is 36.4 Å². The number of benzene rings is 2. The number of halogens is 2. The number of anilines is 1. The molecule has 1 heterocycles. The molecule has 1 aliphatic heterocycles. The third-order valence-electron chi connectivity index (χ3n) is 3.53. The maximum atomic E-state index is 13.6. The lowest BCUT2D eigenvalue weighted by atomic mass is 10.0. The van der Waals surface area contributed by atoms with Crippen molar-refractivity contribution >= 4 is 11.6 Å². The van der Waals surface area contributed by atoms with Gasteiger partial charge in [0.1, 0.15) is 11.6 Å². The largest absolute Gasteiger partial charge is 0.322 e. The molecule has 0 atom stereocenters. The zero-order chi connectivity index (χ0) is 14.8. The van der Waals surface area contributed by atoms with Gasteiger partial charge in [-0.25, -0.2) is 8.78 Å². The highest BCUT2D eigenvalue weighted by atomic mass is 19.1. The first-order chi connectivity index (χ1) is 10.1. The van der Waals surface area contributed by atoms with Gasteiger partial charge >= 0.3 is 0 Å². The summed E-state index contributed by atoms with van der Waals surface area (Å²) in [5.41, 5.74) is 2.80. The van der Waals surface area contributed by atoms with Gasteiger partial charge in [0.05, 0.1) is 5.56 Å². The van der Waals surface area contributed by atoms with E-state index in [0.29, 0.717) is 11.8 Å². The number of nitrogens with one attached hydrogen (secondary N) is 2. The molecule has 1 aliphatic rings. The lowest BCUT2D eigenvalue weighted by Crippen LogP contribution is -2.23. The summed E-state index contributed by atoms with van der Waals surface area (Å²) < 4.78 is 26.4. The molecular formula is C16H14F2N2O. The quantitative estimate of drug-likeness (QED) is 0.892. The van der Waals surface area contributed by atoms with Crippen LogP contribution in [0.25, 0.3) is 0 Å². The summed E-state index contributed by atoms with van der Waals surface area (Å²) >= 11 is 0. The number of carbonyl (C=O) groups excluding carboxylic acids is 1. The normalized spacial score (nSPS) is 13.6. The molecule has 108 valence electrons. The van der Waals surface area contributed by atoms with Gasteiger partial charge in [-0.1, -0.05) is 6.07 Å². The van der Waals surface area contributed by atoms with Gasteiger partial charge in [-0.2, -0.15) is 0 Å². The van der Waals surface area contributed by atoms with E-state index in [0.717, 1.165) is 37.2 Å². The molecule has 0 saturated carbocycles. The molecule has 3 rings (SSSR count). The van der Waals surface area contributed by atoms with E-state index in [-0.39, 0.29) is 5.56 Å². The van der Waals surface area contributed by atoms with Crippen LogP contribution in [-0.4, -0.2) is 12.5 Å². The number of hydrogen-bond acceptors (Lipinski definition) is 2. The topological polar surface area (TPSA) is 41.1 Å². The fourth-order valence-corrected chi connectivity index (χ4v) is 2.43. The van der Waals surface area contributed by atoms with Crippen LogP contribution in [0.5, 0.6) is 0 Å². The highest BCUT2D eigenvalue weighted by Crippen LogP contribution is 2.20. The second-order valence-corrected chi connectivity index (χ2v) is 4.99. The van der Waals surface area contributed by atoms with Crippen LogP contribution >= 0.6 is 0 Å². The van der Waals surface area contributed by atoms with Crippen LogP contribution in [0.3, 0.4) is 0 Å². The molecule has 2 aromatic carbocycles. The molecule has 0 saturated heterocycles. The Kier molecular flexibility index (Phi) is 3.66. The molecule has 0 spiro atoms. The molecule has 0 fully saturated rings. The Bertz CT molecular complexity index is 701. The van der Waals surface area contributed by atoms with Gasteiger partial charge in [-0.3, -0.25) is 4.79 Å². The average molecular weight is 288 g/mol. The van der Waals surface area contributed by atoms with Crippen LogP contribution in [-0.2, 0) is 13.0 Å². The molecule has 0 unspecified atom stereocenters. The number of carbonyl (C=O) groups is 1. The van der Waals surface area contributed by atoms with E-state index >= 15 is 0 Å². The van der Waals surface area contributed by atoms with Crippen LogP contribution < -0.4 is 10.6 Å². The van der Waals surface area contributed by atoms with E-state index in [1.54, 1.807) is 6.07 Å². The maximum Gasteiger partial charge on any atom is 0.258 e.